The van der Waals surface area contributed by atoms with Crippen LogP contribution in [0.15, 0.2) is 46.9 Å². The number of hydrogen-bond donors (Lipinski definition) is 0. The summed E-state index contributed by atoms with van der Waals surface area (Å²) in [7, 11) is 3.80. The van der Waals surface area contributed by atoms with Gasteiger partial charge in [-0.25, -0.2) is 0 Å². The Morgan fingerprint density at radius 1 is 1.16 bits per heavy atom. The van der Waals surface area contributed by atoms with Gasteiger partial charge in [0.15, 0.2) is 0 Å². The van der Waals surface area contributed by atoms with Crippen molar-refractivity contribution in [2.75, 3.05) is 19.1 Å². The highest BCUT2D eigenvalue weighted by atomic mass is 79.9. The lowest BCUT2D eigenvalue weighted by Crippen LogP contribution is -2.17. The second-order valence-electron chi connectivity index (χ2n) is 4.60. The quantitative estimate of drug-likeness (QED) is 0.828. The lowest BCUT2D eigenvalue weighted by Gasteiger charge is -2.22. The molecule has 0 saturated carbocycles. The summed E-state index contributed by atoms with van der Waals surface area (Å²) in [6.07, 6.45) is 0. The van der Waals surface area contributed by atoms with E-state index >= 15 is 0 Å². The third kappa shape index (κ3) is 3.29. The van der Waals surface area contributed by atoms with Gasteiger partial charge in [-0.1, -0.05) is 34.1 Å². The van der Waals surface area contributed by atoms with E-state index in [1.54, 1.807) is 7.11 Å². The number of benzene rings is 2. The Bertz CT molecular complexity index is 568. The summed E-state index contributed by atoms with van der Waals surface area (Å²) < 4.78 is 6.39. The molecule has 0 radical (unpaired) electrons. The van der Waals surface area contributed by atoms with Crippen LogP contribution >= 0.6 is 15.9 Å². The topological polar surface area (TPSA) is 12.5 Å². The van der Waals surface area contributed by atoms with Crippen molar-refractivity contribution in [3.05, 3.63) is 58.1 Å². The molecule has 0 atom stereocenters. The molecule has 19 heavy (non-hydrogen) atoms. The van der Waals surface area contributed by atoms with Gasteiger partial charge >= 0.3 is 0 Å². The molecule has 0 aliphatic heterocycles. The minimum absolute atomic E-state index is 0.836. The fourth-order valence-electron chi connectivity index (χ4n) is 2.13. The number of aryl methyl sites for hydroxylation is 1. The smallest absolute Gasteiger partial charge is 0.119 e. The summed E-state index contributed by atoms with van der Waals surface area (Å²) in [6, 6.07) is 14.5. The number of hydrogen-bond acceptors (Lipinski definition) is 2. The van der Waals surface area contributed by atoms with Crippen molar-refractivity contribution in [3.63, 3.8) is 0 Å². The van der Waals surface area contributed by atoms with Gasteiger partial charge < -0.3 is 9.64 Å². The van der Waals surface area contributed by atoms with E-state index in [4.69, 9.17) is 4.74 Å². The number of anilines is 1. The molecule has 0 heterocycles. The van der Waals surface area contributed by atoms with Crippen LogP contribution in [0.5, 0.6) is 5.75 Å². The zero-order chi connectivity index (χ0) is 13.8. The van der Waals surface area contributed by atoms with Crippen molar-refractivity contribution >= 4 is 21.6 Å². The number of nitrogens with zero attached hydrogens (tertiary/aromatic N) is 1. The van der Waals surface area contributed by atoms with Gasteiger partial charge in [-0.2, -0.15) is 0 Å². The molecule has 2 aromatic carbocycles. The van der Waals surface area contributed by atoms with Crippen LogP contribution in [0, 0.1) is 6.92 Å². The second kappa shape index (κ2) is 6.11. The van der Waals surface area contributed by atoms with Gasteiger partial charge in [-0.05, 0) is 42.3 Å². The maximum absolute atomic E-state index is 5.28. The zero-order valence-corrected chi connectivity index (χ0v) is 13.1. The van der Waals surface area contributed by atoms with Gasteiger partial charge in [0.05, 0.1) is 7.11 Å². The van der Waals surface area contributed by atoms with Gasteiger partial charge in [0.2, 0.25) is 0 Å². The molecule has 2 aromatic rings. The van der Waals surface area contributed by atoms with Crippen LogP contribution in [-0.4, -0.2) is 14.2 Å². The summed E-state index contributed by atoms with van der Waals surface area (Å²) >= 11 is 3.60. The largest absolute Gasteiger partial charge is 0.497 e. The molecule has 3 heteroatoms. The summed E-state index contributed by atoms with van der Waals surface area (Å²) in [5.74, 6) is 0.886. The number of para-hydroxylation sites is 1. The van der Waals surface area contributed by atoms with Gasteiger partial charge in [-0.15, -0.1) is 0 Å². The Kier molecular flexibility index (Phi) is 4.48. The molecule has 0 aliphatic carbocycles. The molecule has 0 bridgehead atoms. The fourth-order valence-corrected chi connectivity index (χ4v) is 2.50. The maximum Gasteiger partial charge on any atom is 0.119 e. The van der Waals surface area contributed by atoms with Crippen LogP contribution in [0.3, 0.4) is 0 Å². The molecular weight excluding hydrogens is 302 g/mol. The van der Waals surface area contributed by atoms with E-state index in [1.807, 2.05) is 12.1 Å². The molecule has 0 spiro atoms. The summed E-state index contributed by atoms with van der Waals surface area (Å²) in [6.45, 7) is 2.97. The number of methoxy groups -OCH3 is 1. The first-order valence-corrected chi connectivity index (χ1v) is 7.00. The average Bonchev–Trinajstić information content (AvgIpc) is 2.41. The molecule has 0 aromatic heterocycles. The first-order chi connectivity index (χ1) is 9.11. The molecule has 2 nitrogen and oxygen atoms in total. The number of rotatable bonds is 4. The molecule has 2 rings (SSSR count). The Labute approximate surface area is 123 Å². The van der Waals surface area contributed by atoms with Gasteiger partial charge in [0, 0.05) is 23.8 Å². The Balaban J connectivity index is 2.24. The highest BCUT2D eigenvalue weighted by molar-refractivity contribution is 9.10. The molecule has 0 saturated heterocycles. The third-order valence-corrected chi connectivity index (χ3v) is 3.96. The van der Waals surface area contributed by atoms with E-state index in [9.17, 15) is 0 Å². The predicted molar refractivity (Wildman–Crippen MR) is 84.0 cm³/mol. The van der Waals surface area contributed by atoms with Crippen LogP contribution in [0.1, 0.15) is 11.1 Å². The average molecular weight is 320 g/mol. The van der Waals surface area contributed by atoms with Crippen LogP contribution in [-0.2, 0) is 6.54 Å². The summed E-state index contributed by atoms with van der Waals surface area (Å²) in [5.41, 5.74) is 3.74. The lowest BCUT2D eigenvalue weighted by atomic mass is 10.1. The minimum atomic E-state index is 0.836. The summed E-state index contributed by atoms with van der Waals surface area (Å²) in [5, 5.41) is 0. The molecule has 0 N–H and O–H groups in total. The van der Waals surface area contributed by atoms with E-state index in [2.05, 4.69) is 65.1 Å². The fraction of sp³-hybridized carbons (Fsp3) is 0.250. The summed E-state index contributed by atoms with van der Waals surface area (Å²) in [4.78, 5) is 2.24. The minimum Gasteiger partial charge on any atom is -0.497 e. The first kappa shape index (κ1) is 13.9. The highest BCUT2D eigenvalue weighted by Gasteiger charge is 2.08. The predicted octanol–water partition coefficient (Wildman–Crippen LogP) is 4.40. The molecule has 0 unspecified atom stereocenters. The van der Waals surface area contributed by atoms with Gasteiger partial charge in [0.1, 0.15) is 5.75 Å². The highest BCUT2D eigenvalue weighted by Crippen LogP contribution is 2.26. The van der Waals surface area contributed by atoms with Crippen molar-refractivity contribution in [1.29, 1.82) is 0 Å². The van der Waals surface area contributed by atoms with Crippen LogP contribution in [0.2, 0.25) is 0 Å². The Morgan fingerprint density at radius 3 is 2.58 bits per heavy atom. The monoisotopic (exact) mass is 319 g/mol. The number of ether oxygens (including phenoxy) is 1. The zero-order valence-electron chi connectivity index (χ0n) is 11.5. The lowest BCUT2D eigenvalue weighted by molar-refractivity contribution is 0.414. The first-order valence-electron chi connectivity index (χ1n) is 6.21. The van der Waals surface area contributed by atoms with E-state index in [-0.39, 0.29) is 0 Å². The van der Waals surface area contributed by atoms with Gasteiger partial charge in [0.25, 0.3) is 0 Å². The standard InChI is InChI=1S/C16H18BrNO/c1-12-6-4-5-7-16(12)18(2)11-13-10-14(19-3)8-9-15(13)17/h4-10H,11H2,1-3H3. The van der Waals surface area contributed by atoms with Crippen LogP contribution in [0.25, 0.3) is 0 Å². The molecular formula is C16H18BrNO. The van der Waals surface area contributed by atoms with Crippen molar-refractivity contribution in [1.82, 2.24) is 0 Å². The Hall–Kier alpha value is -1.48. The molecule has 0 aliphatic rings. The van der Waals surface area contributed by atoms with E-state index < -0.39 is 0 Å². The van der Waals surface area contributed by atoms with E-state index in [1.165, 1.54) is 16.8 Å². The van der Waals surface area contributed by atoms with Crippen molar-refractivity contribution in [3.8, 4) is 5.75 Å². The van der Waals surface area contributed by atoms with Crippen molar-refractivity contribution in [2.24, 2.45) is 0 Å². The second-order valence-corrected chi connectivity index (χ2v) is 5.45. The van der Waals surface area contributed by atoms with Crippen LogP contribution in [0.4, 0.5) is 5.69 Å². The van der Waals surface area contributed by atoms with Crippen LogP contribution < -0.4 is 9.64 Å². The maximum atomic E-state index is 5.28. The van der Waals surface area contributed by atoms with Crippen molar-refractivity contribution < 1.29 is 4.74 Å². The van der Waals surface area contributed by atoms with E-state index in [0.29, 0.717) is 0 Å². The van der Waals surface area contributed by atoms with Crippen molar-refractivity contribution in [2.45, 2.75) is 13.5 Å². The number of halogens is 1. The third-order valence-electron chi connectivity index (χ3n) is 3.19. The Morgan fingerprint density at radius 2 is 1.89 bits per heavy atom. The molecule has 100 valence electrons. The SMILES string of the molecule is COc1ccc(Br)c(CN(C)c2ccccc2C)c1. The van der Waals surface area contributed by atoms with Gasteiger partial charge in [-0.3, -0.25) is 0 Å². The van der Waals surface area contributed by atoms with E-state index in [0.717, 1.165) is 16.8 Å². The normalized spacial score (nSPS) is 10.3. The molecule has 0 fully saturated rings. The molecule has 0 amide bonds.